The van der Waals surface area contributed by atoms with Crippen molar-refractivity contribution in [2.45, 2.75) is 12.3 Å². The van der Waals surface area contributed by atoms with Crippen molar-refractivity contribution in [1.82, 2.24) is 0 Å². The molecule has 0 unspecified atom stereocenters. The lowest BCUT2D eigenvalue weighted by molar-refractivity contribution is 0.0257. The van der Waals surface area contributed by atoms with Crippen molar-refractivity contribution in [3.05, 3.63) is 28.2 Å². The lowest BCUT2D eigenvalue weighted by Crippen LogP contribution is -2.25. The van der Waals surface area contributed by atoms with Crippen LogP contribution in [0.25, 0.3) is 0 Å². The first-order valence-electron chi connectivity index (χ1n) is 4.84. The van der Waals surface area contributed by atoms with Gasteiger partial charge in [0.15, 0.2) is 0 Å². The van der Waals surface area contributed by atoms with E-state index in [1.807, 2.05) is 6.07 Å². The molecule has 0 amide bonds. The second kappa shape index (κ2) is 4.02. The second-order valence-electron chi connectivity index (χ2n) is 3.80. The van der Waals surface area contributed by atoms with Gasteiger partial charge in [0, 0.05) is 17.4 Å². The molecular formula is C11H9BrF2N2. The quantitative estimate of drug-likeness (QED) is 0.793. The molecule has 0 aliphatic carbocycles. The largest absolute Gasteiger partial charge is 0.364 e. The summed E-state index contributed by atoms with van der Waals surface area (Å²) in [4.78, 5) is 1.56. The highest BCUT2D eigenvalue weighted by molar-refractivity contribution is 9.10. The number of rotatable bonds is 1. The van der Waals surface area contributed by atoms with Gasteiger partial charge in [-0.05, 0) is 18.2 Å². The van der Waals surface area contributed by atoms with E-state index in [9.17, 15) is 8.78 Å². The van der Waals surface area contributed by atoms with E-state index in [1.165, 1.54) is 0 Å². The van der Waals surface area contributed by atoms with Crippen LogP contribution >= 0.6 is 15.9 Å². The maximum Gasteiger partial charge on any atom is 0.266 e. The van der Waals surface area contributed by atoms with Crippen LogP contribution in [-0.2, 0) is 0 Å². The van der Waals surface area contributed by atoms with Gasteiger partial charge in [0.25, 0.3) is 5.92 Å². The third-order valence-corrected chi connectivity index (χ3v) is 3.08. The van der Waals surface area contributed by atoms with Gasteiger partial charge >= 0.3 is 0 Å². The summed E-state index contributed by atoms with van der Waals surface area (Å²) in [7, 11) is 0. The van der Waals surface area contributed by atoms with Gasteiger partial charge in [-0.15, -0.1) is 0 Å². The van der Waals surface area contributed by atoms with Crippen molar-refractivity contribution in [2.75, 3.05) is 18.0 Å². The Morgan fingerprint density at radius 3 is 2.75 bits per heavy atom. The molecule has 5 heteroatoms. The van der Waals surface area contributed by atoms with Crippen LogP contribution in [0.4, 0.5) is 14.5 Å². The monoisotopic (exact) mass is 286 g/mol. The van der Waals surface area contributed by atoms with Crippen molar-refractivity contribution >= 4 is 21.6 Å². The molecule has 1 heterocycles. The van der Waals surface area contributed by atoms with Crippen LogP contribution in [-0.4, -0.2) is 19.0 Å². The number of alkyl halides is 2. The van der Waals surface area contributed by atoms with Crippen LogP contribution in [0.15, 0.2) is 22.7 Å². The van der Waals surface area contributed by atoms with E-state index < -0.39 is 5.92 Å². The third kappa shape index (κ3) is 2.17. The van der Waals surface area contributed by atoms with Crippen LogP contribution < -0.4 is 4.90 Å². The standard InChI is InChI=1S/C11H9BrF2N2/c12-9-2-1-8(6-15)10(5-9)16-4-3-11(13,14)7-16/h1-2,5H,3-4,7H2. The lowest BCUT2D eigenvalue weighted by atomic mass is 10.2. The van der Waals surface area contributed by atoms with E-state index in [0.717, 1.165) is 4.47 Å². The number of halogens is 3. The van der Waals surface area contributed by atoms with Crippen LogP contribution in [0.5, 0.6) is 0 Å². The number of anilines is 1. The normalized spacial score (nSPS) is 18.5. The van der Waals surface area contributed by atoms with Gasteiger partial charge in [-0.3, -0.25) is 0 Å². The molecule has 2 nitrogen and oxygen atoms in total. The van der Waals surface area contributed by atoms with Gasteiger partial charge in [0.2, 0.25) is 0 Å². The van der Waals surface area contributed by atoms with Crippen LogP contribution in [0, 0.1) is 11.3 Å². The zero-order valence-electron chi connectivity index (χ0n) is 8.38. The van der Waals surface area contributed by atoms with Crippen molar-refractivity contribution in [1.29, 1.82) is 5.26 Å². The number of hydrogen-bond donors (Lipinski definition) is 0. The SMILES string of the molecule is N#Cc1ccc(Br)cc1N1CCC(F)(F)C1. The molecule has 0 aromatic heterocycles. The molecule has 1 aromatic rings. The molecule has 1 aliphatic rings. The molecule has 84 valence electrons. The Morgan fingerprint density at radius 2 is 2.19 bits per heavy atom. The number of nitriles is 1. The summed E-state index contributed by atoms with van der Waals surface area (Å²) in [6.45, 7) is -0.0176. The highest BCUT2D eigenvalue weighted by Gasteiger charge is 2.38. The second-order valence-corrected chi connectivity index (χ2v) is 4.72. The Hall–Kier alpha value is -1.15. The van der Waals surface area contributed by atoms with E-state index in [2.05, 4.69) is 15.9 Å². The fourth-order valence-corrected chi connectivity index (χ4v) is 2.15. The lowest BCUT2D eigenvalue weighted by Gasteiger charge is -2.19. The number of benzene rings is 1. The van der Waals surface area contributed by atoms with Crippen molar-refractivity contribution < 1.29 is 8.78 Å². The number of hydrogen-bond acceptors (Lipinski definition) is 2. The molecule has 0 radical (unpaired) electrons. The Morgan fingerprint density at radius 1 is 1.44 bits per heavy atom. The highest BCUT2D eigenvalue weighted by atomic mass is 79.9. The molecule has 0 bridgehead atoms. The molecular weight excluding hydrogens is 278 g/mol. The summed E-state index contributed by atoms with van der Waals surface area (Å²) in [6, 6.07) is 7.10. The molecule has 1 aliphatic heterocycles. The Kier molecular flexibility index (Phi) is 2.85. The molecule has 0 spiro atoms. The van der Waals surface area contributed by atoms with Gasteiger partial charge in [0.1, 0.15) is 6.07 Å². The van der Waals surface area contributed by atoms with Crippen LogP contribution in [0.2, 0.25) is 0 Å². The molecule has 1 fully saturated rings. The highest BCUT2D eigenvalue weighted by Crippen LogP contribution is 2.33. The summed E-state index contributed by atoms with van der Waals surface area (Å²) >= 11 is 3.28. The number of nitrogens with zero attached hydrogens (tertiary/aromatic N) is 2. The predicted octanol–water partition coefficient (Wildman–Crippen LogP) is 3.17. The van der Waals surface area contributed by atoms with Gasteiger partial charge < -0.3 is 4.90 Å². The maximum absolute atomic E-state index is 13.1. The maximum atomic E-state index is 13.1. The van der Waals surface area contributed by atoms with E-state index >= 15 is 0 Å². The van der Waals surface area contributed by atoms with E-state index in [-0.39, 0.29) is 19.5 Å². The summed E-state index contributed by atoms with van der Waals surface area (Å²) in [5.74, 6) is -2.64. The van der Waals surface area contributed by atoms with Gasteiger partial charge in [-0.25, -0.2) is 8.78 Å². The van der Waals surface area contributed by atoms with Crippen LogP contribution in [0.3, 0.4) is 0 Å². The Labute approximate surface area is 101 Å². The van der Waals surface area contributed by atoms with Crippen molar-refractivity contribution in [2.24, 2.45) is 0 Å². The molecule has 1 saturated heterocycles. The van der Waals surface area contributed by atoms with E-state index in [4.69, 9.17) is 5.26 Å². The summed E-state index contributed by atoms with van der Waals surface area (Å²) in [6.07, 6.45) is -0.148. The fraction of sp³-hybridized carbons (Fsp3) is 0.364. The third-order valence-electron chi connectivity index (χ3n) is 2.59. The molecule has 2 rings (SSSR count). The average molecular weight is 287 g/mol. The van der Waals surface area contributed by atoms with E-state index in [1.54, 1.807) is 23.1 Å². The first-order valence-corrected chi connectivity index (χ1v) is 5.63. The minimum absolute atomic E-state index is 0.148. The predicted molar refractivity (Wildman–Crippen MR) is 60.6 cm³/mol. The topological polar surface area (TPSA) is 27.0 Å². The smallest absolute Gasteiger partial charge is 0.266 e. The van der Waals surface area contributed by atoms with Crippen molar-refractivity contribution in [3.63, 3.8) is 0 Å². The van der Waals surface area contributed by atoms with Crippen molar-refractivity contribution in [3.8, 4) is 6.07 Å². The molecule has 1 aromatic carbocycles. The average Bonchev–Trinajstić information content (AvgIpc) is 2.59. The van der Waals surface area contributed by atoms with Gasteiger partial charge in [0.05, 0.1) is 17.8 Å². The van der Waals surface area contributed by atoms with Gasteiger partial charge in [-0.1, -0.05) is 15.9 Å². The first-order chi connectivity index (χ1) is 7.52. The zero-order valence-corrected chi connectivity index (χ0v) is 9.97. The van der Waals surface area contributed by atoms with E-state index in [0.29, 0.717) is 11.3 Å². The summed E-state index contributed by atoms with van der Waals surface area (Å²) in [5, 5.41) is 8.92. The molecule has 0 saturated carbocycles. The minimum atomic E-state index is -2.64. The summed E-state index contributed by atoms with van der Waals surface area (Å²) in [5.41, 5.74) is 1.01. The molecule has 0 N–H and O–H groups in total. The minimum Gasteiger partial charge on any atom is -0.364 e. The molecule has 0 atom stereocenters. The molecule has 16 heavy (non-hydrogen) atoms. The Bertz CT molecular complexity index is 454. The Balaban J connectivity index is 2.34. The summed E-state index contributed by atoms with van der Waals surface area (Å²) < 4.78 is 26.9. The fourth-order valence-electron chi connectivity index (χ4n) is 1.80. The van der Waals surface area contributed by atoms with Crippen LogP contribution in [0.1, 0.15) is 12.0 Å². The van der Waals surface area contributed by atoms with Gasteiger partial charge in [-0.2, -0.15) is 5.26 Å². The first kappa shape index (κ1) is 11.3. The zero-order chi connectivity index (χ0) is 11.8.